The molecule has 0 aliphatic rings. The molecule has 0 radical (unpaired) electrons. The maximum atomic E-state index is 12.6. The summed E-state index contributed by atoms with van der Waals surface area (Å²) in [7, 11) is -8.60. The van der Waals surface area contributed by atoms with Gasteiger partial charge >= 0.3 is 10.2 Å². The minimum absolute atomic E-state index is 0.148. The molecule has 0 saturated carbocycles. The zero-order valence-corrected chi connectivity index (χ0v) is 9.83. The highest BCUT2D eigenvalue weighted by molar-refractivity contribution is 7.91. The second-order valence-corrected chi connectivity index (χ2v) is 6.54. The first-order chi connectivity index (χ1) is 6.62. The molecule has 0 aliphatic carbocycles. The molecule has 0 heterocycles. The minimum Gasteiger partial charge on any atom is -0.224 e. The van der Waals surface area contributed by atoms with Crippen LogP contribution >= 0.6 is 11.6 Å². The highest BCUT2D eigenvalue weighted by Gasteiger charge is 2.18. The van der Waals surface area contributed by atoms with Crippen LogP contribution in [0.1, 0.15) is 0 Å². The Bertz CT molecular complexity index is 591. The van der Waals surface area contributed by atoms with Crippen molar-refractivity contribution in [2.75, 3.05) is 6.26 Å². The van der Waals surface area contributed by atoms with Crippen LogP contribution in [0.5, 0.6) is 0 Å². The summed E-state index contributed by atoms with van der Waals surface area (Å²) in [6, 6.07) is 2.60. The quantitative estimate of drug-likeness (QED) is 0.763. The van der Waals surface area contributed by atoms with Crippen molar-refractivity contribution in [1.29, 1.82) is 0 Å². The first kappa shape index (κ1) is 12.4. The van der Waals surface area contributed by atoms with E-state index in [4.69, 9.17) is 11.6 Å². The van der Waals surface area contributed by atoms with Crippen molar-refractivity contribution in [3.05, 3.63) is 23.2 Å². The van der Waals surface area contributed by atoms with Crippen LogP contribution in [0.4, 0.5) is 3.89 Å². The molecule has 8 heteroatoms. The topological polar surface area (TPSA) is 68.3 Å². The average Bonchev–Trinajstić information content (AvgIpc) is 2.00. The Labute approximate surface area is 91.8 Å². The fourth-order valence-corrected chi connectivity index (χ4v) is 2.78. The lowest BCUT2D eigenvalue weighted by atomic mass is 10.4. The van der Waals surface area contributed by atoms with Gasteiger partial charge in [0, 0.05) is 6.26 Å². The summed E-state index contributed by atoms with van der Waals surface area (Å²) in [6.45, 7) is 0. The van der Waals surface area contributed by atoms with Crippen LogP contribution in [0.2, 0.25) is 5.02 Å². The van der Waals surface area contributed by atoms with E-state index < -0.39 is 29.9 Å². The van der Waals surface area contributed by atoms with Crippen molar-refractivity contribution < 1.29 is 20.7 Å². The molecular formula is C7H6ClFO4S2. The predicted molar refractivity (Wildman–Crippen MR) is 52.9 cm³/mol. The molecule has 1 aromatic carbocycles. The van der Waals surface area contributed by atoms with Crippen molar-refractivity contribution in [1.82, 2.24) is 0 Å². The van der Waals surface area contributed by atoms with E-state index in [1.54, 1.807) is 0 Å². The van der Waals surface area contributed by atoms with E-state index in [1.807, 2.05) is 0 Å². The molecule has 0 aromatic heterocycles. The van der Waals surface area contributed by atoms with Crippen molar-refractivity contribution >= 4 is 31.7 Å². The zero-order valence-electron chi connectivity index (χ0n) is 7.44. The molecule has 0 fully saturated rings. The number of halogens is 2. The van der Waals surface area contributed by atoms with Crippen LogP contribution in [0.25, 0.3) is 0 Å². The summed E-state index contributed by atoms with van der Waals surface area (Å²) < 4.78 is 55.9. The van der Waals surface area contributed by atoms with Gasteiger partial charge in [0.1, 0.15) is 0 Å². The van der Waals surface area contributed by atoms with E-state index in [-0.39, 0.29) is 5.02 Å². The second-order valence-electron chi connectivity index (χ2n) is 2.80. The third kappa shape index (κ3) is 2.90. The van der Waals surface area contributed by atoms with E-state index in [1.165, 1.54) is 0 Å². The fourth-order valence-electron chi connectivity index (χ4n) is 0.919. The molecule has 0 bridgehead atoms. The van der Waals surface area contributed by atoms with Gasteiger partial charge in [-0.05, 0) is 18.2 Å². The van der Waals surface area contributed by atoms with Crippen molar-refractivity contribution in [3.63, 3.8) is 0 Å². The molecular weight excluding hydrogens is 267 g/mol. The largest absolute Gasteiger partial charge is 0.332 e. The van der Waals surface area contributed by atoms with Crippen LogP contribution in [-0.4, -0.2) is 23.1 Å². The molecule has 0 aliphatic heterocycles. The number of hydrogen-bond acceptors (Lipinski definition) is 4. The van der Waals surface area contributed by atoms with Crippen LogP contribution in [0.3, 0.4) is 0 Å². The van der Waals surface area contributed by atoms with Gasteiger partial charge in [0.25, 0.3) is 0 Å². The minimum atomic E-state index is -4.93. The number of sulfone groups is 1. The number of hydrogen-bond donors (Lipinski definition) is 0. The van der Waals surface area contributed by atoms with Crippen molar-refractivity contribution in [2.24, 2.45) is 0 Å². The summed E-state index contributed by atoms with van der Waals surface area (Å²) in [5, 5.41) is -0.148. The third-order valence-electron chi connectivity index (χ3n) is 1.58. The van der Waals surface area contributed by atoms with Gasteiger partial charge in [-0.1, -0.05) is 11.6 Å². The Morgan fingerprint density at radius 1 is 1.20 bits per heavy atom. The lowest BCUT2D eigenvalue weighted by Gasteiger charge is -2.02. The summed E-state index contributed by atoms with van der Waals surface area (Å²) >= 11 is 5.53. The summed E-state index contributed by atoms with van der Waals surface area (Å²) in [5.41, 5.74) is 0. The molecule has 0 unspecified atom stereocenters. The molecule has 84 valence electrons. The van der Waals surface area contributed by atoms with Crippen LogP contribution in [0, 0.1) is 0 Å². The highest BCUT2D eigenvalue weighted by atomic mass is 35.5. The van der Waals surface area contributed by atoms with Crippen LogP contribution < -0.4 is 0 Å². The van der Waals surface area contributed by atoms with Gasteiger partial charge in [-0.15, -0.1) is 3.89 Å². The Hall–Kier alpha value is -0.660. The standard InChI is InChI=1S/C7H6ClFO4S2/c1-14(10,11)7-4-5(15(9,12)13)2-3-6(7)8/h2-4H,1H3. The van der Waals surface area contributed by atoms with Gasteiger partial charge in [-0.25, -0.2) is 8.42 Å². The van der Waals surface area contributed by atoms with Gasteiger partial charge < -0.3 is 0 Å². The van der Waals surface area contributed by atoms with Gasteiger partial charge in [0.2, 0.25) is 0 Å². The normalized spacial score (nSPS) is 12.7. The lowest BCUT2D eigenvalue weighted by molar-refractivity contribution is 0.552. The van der Waals surface area contributed by atoms with Crippen molar-refractivity contribution in [3.8, 4) is 0 Å². The second kappa shape index (κ2) is 3.73. The van der Waals surface area contributed by atoms with Gasteiger partial charge in [-0.2, -0.15) is 8.42 Å². The van der Waals surface area contributed by atoms with E-state index in [9.17, 15) is 20.7 Å². The Morgan fingerprint density at radius 2 is 1.73 bits per heavy atom. The fraction of sp³-hybridized carbons (Fsp3) is 0.143. The SMILES string of the molecule is CS(=O)(=O)c1cc(S(=O)(=O)F)ccc1Cl. The smallest absolute Gasteiger partial charge is 0.224 e. The lowest BCUT2D eigenvalue weighted by Crippen LogP contribution is -2.01. The van der Waals surface area contributed by atoms with E-state index >= 15 is 0 Å². The average molecular weight is 273 g/mol. The zero-order chi connectivity index (χ0) is 11.9. The molecule has 4 nitrogen and oxygen atoms in total. The molecule has 15 heavy (non-hydrogen) atoms. The van der Waals surface area contributed by atoms with Gasteiger partial charge in [-0.3, -0.25) is 0 Å². The molecule has 0 spiro atoms. The first-order valence-corrected chi connectivity index (χ1v) is 7.22. The predicted octanol–water partition coefficient (Wildman–Crippen LogP) is 1.40. The molecule has 1 rings (SSSR count). The van der Waals surface area contributed by atoms with Crippen LogP contribution in [0.15, 0.2) is 28.0 Å². The van der Waals surface area contributed by atoms with Crippen molar-refractivity contribution in [2.45, 2.75) is 9.79 Å². The molecule has 0 N–H and O–H groups in total. The molecule has 1 aromatic rings. The number of benzene rings is 1. The molecule has 0 saturated heterocycles. The Morgan fingerprint density at radius 3 is 2.13 bits per heavy atom. The molecule has 0 atom stereocenters. The maximum Gasteiger partial charge on any atom is 0.332 e. The van der Waals surface area contributed by atoms with E-state index in [0.29, 0.717) is 6.07 Å². The third-order valence-corrected chi connectivity index (χ3v) is 3.98. The van der Waals surface area contributed by atoms with E-state index in [2.05, 4.69) is 0 Å². The highest BCUT2D eigenvalue weighted by Crippen LogP contribution is 2.25. The number of rotatable bonds is 2. The monoisotopic (exact) mass is 272 g/mol. The van der Waals surface area contributed by atoms with E-state index in [0.717, 1.165) is 18.4 Å². The summed E-state index contributed by atoms with van der Waals surface area (Å²) in [4.78, 5) is -1.14. The summed E-state index contributed by atoms with van der Waals surface area (Å²) in [5.74, 6) is 0. The van der Waals surface area contributed by atoms with Gasteiger partial charge in [0.15, 0.2) is 9.84 Å². The maximum absolute atomic E-state index is 12.6. The van der Waals surface area contributed by atoms with Crippen LogP contribution in [-0.2, 0) is 20.1 Å². The van der Waals surface area contributed by atoms with Gasteiger partial charge in [0.05, 0.1) is 14.8 Å². The Balaban J connectivity index is 3.57. The first-order valence-electron chi connectivity index (χ1n) is 3.56. The Kier molecular flexibility index (Phi) is 3.09. The molecule has 0 amide bonds. The summed E-state index contributed by atoms with van der Waals surface area (Å²) in [6.07, 6.45) is 0.850.